The van der Waals surface area contributed by atoms with E-state index in [4.69, 9.17) is 5.73 Å². The lowest BCUT2D eigenvalue weighted by molar-refractivity contribution is -0.140. The van der Waals surface area contributed by atoms with Gasteiger partial charge in [-0.3, -0.25) is 14.4 Å². The highest BCUT2D eigenvalue weighted by Crippen LogP contribution is 2.21. The van der Waals surface area contributed by atoms with E-state index in [0.29, 0.717) is 5.69 Å². The van der Waals surface area contributed by atoms with Crippen LogP contribution in [0.25, 0.3) is 0 Å². The van der Waals surface area contributed by atoms with Crippen LogP contribution in [0.2, 0.25) is 0 Å². The third-order valence-electron chi connectivity index (χ3n) is 3.29. The molecule has 1 fully saturated rings. The third kappa shape index (κ3) is 3.05. The first kappa shape index (κ1) is 15.5. The lowest BCUT2D eigenvalue weighted by atomic mass is 10.1. The molecule has 0 bridgehead atoms. The van der Waals surface area contributed by atoms with Gasteiger partial charge in [-0.2, -0.15) is 0 Å². The number of rotatable bonds is 5. The molecule has 1 aliphatic heterocycles. The number of benzene rings is 1. The van der Waals surface area contributed by atoms with Crippen molar-refractivity contribution in [2.24, 2.45) is 5.73 Å². The molecule has 22 heavy (non-hydrogen) atoms. The van der Waals surface area contributed by atoms with Crippen LogP contribution in [0.1, 0.15) is 23.2 Å². The van der Waals surface area contributed by atoms with Crippen molar-refractivity contribution in [2.45, 2.75) is 18.9 Å². The predicted octanol–water partition coefficient (Wildman–Crippen LogP) is 0.163. The maximum Gasteiger partial charge on any atom is 0.329 e. The Labute approximate surface area is 126 Å². The molecule has 1 heterocycles. The molecule has 0 aliphatic carbocycles. The van der Waals surface area contributed by atoms with E-state index in [-0.39, 0.29) is 18.4 Å². The molecule has 1 aliphatic rings. The van der Waals surface area contributed by atoms with Crippen molar-refractivity contribution in [1.82, 2.24) is 5.32 Å². The van der Waals surface area contributed by atoms with E-state index in [0.717, 1.165) is 4.90 Å². The highest BCUT2D eigenvalue weighted by Gasteiger charge is 2.38. The van der Waals surface area contributed by atoms with Crippen LogP contribution in [-0.4, -0.2) is 37.0 Å². The summed E-state index contributed by atoms with van der Waals surface area (Å²) in [5, 5.41) is 2.51. The number of esters is 1. The number of ether oxygens (including phenoxy) is 1. The SMILES string of the molecule is COC(=O)CCC1NC(=O)N(c2ccc(C(N)=O)cc2)C1=O. The lowest BCUT2D eigenvalue weighted by Crippen LogP contribution is -2.31. The Morgan fingerprint density at radius 2 is 1.91 bits per heavy atom. The van der Waals surface area contributed by atoms with E-state index < -0.39 is 29.9 Å². The fraction of sp³-hybridized carbons (Fsp3) is 0.286. The Kier molecular flexibility index (Phi) is 4.40. The van der Waals surface area contributed by atoms with Gasteiger partial charge in [0.2, 0.25) is 5.91 Å². The number of carbonyl (C=O) groups is 4. The van der Waals surface area contributed by atoms with Crippen molar-refractivity contribution in [1.29, 1.82) is 0 Å². The van der Waals surface area contributed by atoms with Crippen LogP contribution in [0.5, 0.6) is 0 Å². The molecule has 2 rings (SSSR count). The highest BCUT2D eigenvalue weighted by atomic mass is 16.5. The highest BCUT2D eigenvalue weighted by molar-refractivity contribution is 6.21. The fourth-order valence-electron chi connectivity index (χ4n) is 2.11. The number of methoxy groups -OCH3 is 1. The first-order valence-electron chi connectivity index (χ1n) is 6.55. The normalized spacial score (nSPS) is 17.3. The lowest BCUT2D eigenvalue weighted by Gasteiger charge is -2.13. The van der Waals surface area contributed by atoms with Gasteiger partial charge in [0.1, 0.15) is 6.04 Å². The molecule has 0 aromatic heterocycles. The first-order valence-corrected chi connectivity index (χ1v) is 6.55. The second-order valence-corrected chi connectivity index (χ2v) is 4.70. The van der Waals surface area contributed by atoms with Gasteiger partial charge in [0.05, 0.1) is 12.8 Å². The number of amides is 4. The third-order valence-corrected chi connectivity index (χ3v) is 3.29. The summed E-state index contributed by atoms with van der Waals surface area (Å²) in [5.74, 6) is -1.51. The molecule has 0 radical (unpaired) electrons. The molecule has 8 heteroatoms. The van der Waals surface area contributed by atoms with Crippen LogP contribution in [0, 0.1) is 0 Å². The molecule has 1 unspecified atom stereocenters. The first-order chi connectivity index (χ1) is 10.4. The fourth-order valence-corrected chi connectivity index (χ4v) is 2.11. The van der Waals surface area contributed by atoms with Gasteiger partial charge in [-0.25, -0.2) is 9.69 Å². The number of nitrogens with two attached hydrogens (primary N) is 1. The summed E-state index contributed by atoms with van der Waals surface area (Å²) in [4.78, 5) is 47.2. The summed E-state index contributed by atoms with van der Waals surface area (Å²) in [6.07, 6.45) is 0.189. The average molecular weight is 305 g/mol. The summed E-state index contributed by atoms with van der Waals surface area (Å²) in [5.41, 5.74) is 5.74. The topological polar surface area (TPSA) is 119 Å². The van der Waals surface area contributed by atoms with Crippen LogP contribution in [-0.2, 0) is 14.3 Å². The number of nitrogens with one attached hydrogen (secondary N) is 1. The molecule has 1 aromatic rings. The van der Waals surface area contributed by atoms with Crippen LogP contribution in [0.15, 0.2) is 24.3 Å². The average Bonchev–Trinajstić information content (AvgIpc) is 2.79. The van der Waals surface area contributed by atoms with Crippen molar-refractivity contribution >= 4 is 29.5 Å². The second kappa shape index (κ2) is 6.25. The summed E-state index contributed by atoms with van der Waals surface area (Å²) < 4.78 is 4.50. The van der Waals surface area contributed by atoms with Crippen molar-refractivity contribution in [3.63, 3.8) is 0 Å². The zero-order valence-corrected chi connectivity index (χ0v) is 11.9. The van der Waals surface area contributed by atoms with Crippen LogP contribution < -0.4 is 16.0 Å². The minimum Gasteiger partial charge on any atom is -0.469 e. The van der Waals surface area contributed by atoms with Crippen molar-refractivity contribution < 1.29 is 23.9 Å². The molecule has 1 aromatic carbocycles. The standard InChI is InChI=1S/C14H15N3O5/c1-22-11(18)7-6-10-13(20)17(14(21)16-10)9-4-2-8(3-5-9)12(15)19/h2-5,10H,6-7H2,1H3,(H2,15,19)(H,16,21). The summed E-state index contributed by atoms with van der Waals surface area (Å²) >= 11 is 0. The van der Waals surface area contributed by atoms with Crippen molar-refractivity contribution in [2.75, 3.05) is 12.0 Å². The van der Waals surface area contributed by atoms with E-state index in [9.17, 15) is 19.2 Å². The number of anilines is 1. The Balaban J connectivity index is 2.11. The second-order valence-electron chi connectivity index (χ2n) is 4.70. The van der Waals surface area contributed by atoms with Crippen LogP contribution in [0.3, 0.4) is 0 Å². The van der Waals surface area contributed by atoms with Gasteiger partial charge in [0, 0.05) is 12.0 Å². The van der Waals surface area contributed by atoms with Gasteiger partial charge >= 0.3 is 12.0 Å². The minimum atomic E-state index is -0.776. The molecule has 0 saturated carbocycles. The Hall–Kier alpha value is -2.90. The Bertz CT molecular complexity index is 626. The number of carbonyl (C=O) groups excluding carboxylic acids is 4. The summed E-state index contributed by atoms with van der Waals surface area (Å²) in [7, 11) is 1.25. The predicted molar refractivity (Wildman–Crippen MR) is 76.0 cm³/mol. The molecule has 1 atom stereocenters. The van der Waals surface area contributed by atoms with Gasteiger partial charge in [-0.15, -0.1) is 0 Å². The Morgan fingerprint density at radius 1 is 1.27 bits per heavy atom. The summed E-state index contributed by atoms with van der Waals surface area (Å²) in [6.45, 7) is 0. The quantitative estimate of drug-likeness (QED) is 0.593. The monoisotopic (exact) mass is 305 g/mol. The number of imide groups is 1. The van der Waals surface area contributed by atoms with E-state index in [1.54, 1.807) is 0 Å². The number of hydrogen-bond acceptors (Lipinski definition) is 5. The molecule has 1 saturated heterocycles. The van der Waals surface area contributed by atoms with E-state index in [1.165, 1.54) is 31.4 Å². The number of primary amides is 1. The van der Waals surface area contributed by atoms with Gasteiger partial charge in [0.25, 0.3) is 5.91 Å². The van der Waals surface area contributed by atoms with Crippen molar-refractivity contribution in [3.05, 3.63) is 29.8 Å². The van der Waals surface area contributed by atoms with E-state index >= 15 is 0 Å². The maximum absolute atomic E-state index is 12.2. The van der Waals surface area contributed by atoms with E-state index in [1.807, 2.05) is 0 Å². The van der Waals surface area contributed by atoms with Gasteiger partial charge in [-0.05, 0) is 30.7 Å². The molecule has 116 valence electrons. The van der Waals surface area contributed by atoms with Gasteiger partial charge in [-0.1, -0.05) is 0 Å². The number of hydrogen-bond donors (Lipinski definition) is 2. The molecular weight excluding hydrogens is 290 g/mol. The van der Waals surface area contributed by atoms with Crippen LogP contribution >= 0.6 is 0 Å². The van der Waals surface area contributed by atoms with E-state index in [2.05, 4.69) is 10.1 Å². The molecule has 4 amide bonds. The van der Waals surface area contributed by atoms with Gasteiger partial charge in [0.15, 0.2) is 0 Å². The zero-order valence-electron chi connectivity index (χ0n) is 11.9. The number of urea groups is 1. The van der Waals surface area contributed by atoms with Gasteiger partial charge < -0.3 is 15.8 Å². The van der Waals surface area contributed by atoms with Crippen molar-refractivity contribution in [3.8, 4) is 0 Å². The largest absolute Gasteiger partial charge is 0.469 e. The maximum atomic E-state index is 12.2. The zero-order chi connectivity index (χ0) is 16.3. The minimum absolute atomic E-state index is 0.0294. The molecule has 3 N–H and O–H groups in total. The molecule has 8 nitrogen and oxygen atoms in total. The smallest absolute Gasteiger partial charge is 0.329 e. The molecular formula is C14H15N3O5. The van der Waals surface area contributed by atoms with Crippen LogP contribution in [0.4, 0.5) is 10.5 Å². The number of nitrogens with zero attached hydrogens (tertiary/aromatic N) is 1. The Morgan fingerprint density at radius 3 is 2.45 bits per heavy atom. The summed E-state index contributed by atoms with van der Waals surface area (Å²) in [6, 6.07) is 4.43. The molecule has 0 spiro atoms.